The Bertz CT molecular complexity index is 178. The van der Waals surface area contributed by atoms with Gasteiger partial charge in [0.05, 0.1) is 12.5 Å². The summed E-state index contributed by atoms with van der Waals surface area (Å²) in [6, 6.07) is 0. The zero-order valence-electron chi connectivity index (χ0n) is 9.76. The second kappa shape index (κ2) is 7.69. The van der Waals surface area contributed by atoms with Crippen LogP contribution in [-0.4, -0.2) is 25.7 Å². The van der Waals surface area contributed by atoms with Crippen molar-refractivity contribution in [3.05, 3.63) is 0 Å². The predicted octanol–water partition coefficient (Wildman–Crippen LogP) is 2.11. The molecule has 1 aliphatic carbocycles. The van der Waals surface area contributed by atoms with E-state index >= 15 is 0 Å². The van der Waals surface area contributed by atoms with Crippen LogP contribution in [0, 0.1) is 5.92 Å². The van der Waals surface area contributed by atoms with Gasteiger partial charge in [-0.2, -0.15) is 0 Å². The van der Waals surface area contributed by atoms with Crippen LogP contribution in [0.5, 0.6) is 0 Å². The molecular weight excluding hydrogens is 190 g/mol. The fourth-order valence-electron chi connectivity index (χ4n) is 1.56. The molecule has 88 valence electrons. The first kappa shape index (κ1) is 12.5. The molecule has 3 heteroatoms. The number of carbonyl (C=O) groups is 1. The van der Waals surface area contributed by atoms with Crippen LogP contribution in [0.15, 0.2) is 0 Å². The van der Waals surface area contributed by atoms with E-state index in [0.29, 0.717) is 6.61 Å². The van der Waals surface area contributed by atoms with Crippen molar-refractivity contribution in [2.24, 2.45) is 5.92 Å². The monoisotopic (exact) mass is 213 g/mol. The minimum Gasteiger partial charge on any atom is -0.465 e. The first-order chi connectivity index (χ1) is 7.34. The molecule has 0 aromatic heterocycles. The van der Waals surface area contributed by atoms with Crippen LogP contribution in [0.1, 0.15) is 45.4 Å². The molecule has 0 bridgehead atoms. The van der Waals surface area contributed by atoms with Crippen molar-refractivity contribution >= 4 is 5.97 Å². The molecule has 1 aliphatic rings. The van der Waals surface area contributed by atoms with Gasteiger partial charge >= 0.3 is 5.97 Å². The molecule has 0 spiro atoms. The summed E-state index contributed by atoms with van der Waals surface area (Å²) < 4.78 is 5.17. The van der Waals surface area contributed by atoms with E-state index in [2.05, 4.69) is 12.2 Å². The Morgan fingerprint density at radius 2 is 2.07 bits per heavy atom. The lowest BCUT2D eigenvalue weighted by molar-refractivity contribution is -0.151. The average Bonchev–Trinajstić information content (AvgIpc) is 2.14. The molecular formula is C12H23NO2. The van der Waals surface area contributed by atoms with E-state index in [1.165, 1.54) is 19.3 Å². The minimum atomic E-state index is 0.0230. The Labute approximate surface area is 92.6 Å². The van der Waals surface area contributed by atoms with Crippen LogP contribution in [0.3, 0.4) is 0 Å². The highest BCUT2D eigenvalue weighted by molar-refractivity contribution is 5.73. The Hall–Kier alpha value is -0.570. The third kappa shape index (κ3) is 5.17. The Morgan fingerprint density at radius 3 is 2.67 bits per heavy atom. The maximum atomic E-state index is 11.3. The maximum absolute atomic E-state index is 11.3. The molecule has 0 amide bonds. The highest BCUT2D eigenvalue weighted by atomic mass is 16.5. The molecule has 0 aromatic rings. The third-order valence-electron chi connectivity index (χ3n) is 2.89. The van der Waals surface area contributed by atoms with Gasteiger partial charge in [-0.3, -0.25) is 4.79 Å². The Balaban J connectivity index is 1.81. The van der Waals surface area contributed by atoms with E-state index in [9.17, 15) is 4.79 Å². The summed E-state index contributed by atoms with van der Waals surface area (Å²) in [4.78, 5) is 11.3. The number of esters is 1. The van der Waals surface area contributed by atoms with Crippen molar-refractivity contribution in [1.82, 2.24) is 5.32 Å². The van der Waals surface area contributed by atoms with Gasteiger partial charge in [-0.15, -0.1) is 0 Å². The summed E-state index contributed by atoms with van der Waals surface area (Å²) in [5, 5.41) is 3.33. The van der Waals surface area contributed by atoms with Crippen LogP contribution in [0.4, 0.5) is 0 Å². The molecule has 0 aromatic carbocycles. The normalized spacial score (nSPS) is 16.1. The number of ether oxygens (including phenoxy) is 1. The number of hydrogen-bond donors (Lipinski definition) is 1. The molecule has 1 fully saturated rings. The van der Waals surface area contributed by atoms with E-state index in [1.54, 1.807) is 0 Å². The van der Waals surface area contributed by atoms with E-state index in [4.69, 9.17) is 4.74 Å². The second-order valence-corrected chi connectivity index (χ2v) is 4.25. The lowest BCUT2D eigenvalue weighted by atomic mass is 9.86. The number of unbranched alkanes of at least 4 members (excludes halogenated alkanes) is 1. The van der Waals surface area contributed by atoms with Gasteiger partial charge in [-0.05, 0) is 38.8 Å². The number of carbonyl (C=O) groups excluding carboxylic acids is 1. The van der Waals surface area contributed by atoms with Crippen LogP contribution in [-0.2, 0) is 9.53 Å². The lowest BCUT2D eigenvalue weighted by Crippen LogP contribution is -2.25. The molecule has 3 nitrogen and oxygen atoms in total. The van der Waals surface area contributed by atoms with Gasteiger partial charge in [-0.25, -0.2) is 0 Å². The second-order valence-electron chi connectivity index (χ2n) is 4.25. The first-order valence-corrected chi connectivity index (χ1v) is 6.22. The molecule has 1 saturated carbocycles. The van der Waals surface area contributed by atoms with Gasteiger partial charge in [0.2, 0.25) is 0 Å². The van der Waals surface area contributed by atoms with Gasteiger partial charge in [0, 0.05) is 0 Å². The van der Waals surface area contributed by atoms with E-state index in [1.807, 2.05) is 0 Å². The fourth-order valence-corrected chi connectivity index (χ4v) is 1.56. The zero-order valence-corrected chi connectivity index (χ0v) is 9.76. The van der Waals surface area contributed by atoms with E-state index in [-0.39, 0.29) is 11.9 Å². The van der Waals surface area contributed by atoms with Crippen LogP contribution < -0.4 is 5.32 Å². The van der Waals surface area contributed by atoms with Crippen molar-refractivity contribution in [2.75, 3.05) is 19.7 Å². The highest BCUT2D eigenvalue weighted by Gasteiger charge is 2.26. The van der Waals surface area contributed by atoms with Crippen molar-refractivity contribution in [1.29, 1.82) is 0 Å². The predicted molar refractivity (Wildman–Crippen MR) is 60.7 cm³/mol. The molecule has 0 radical (unpaired) electrons. The molecule has 0 atom stereocenters. The molecule has 15 heavy (non-hydrogen) atoms. The minimum absolute atomic E-state index is 0.0230. The summed E-state index contributed by atoms with van der Waals surface area (Å²) >= 11 is 0. The summed E-state index contributed by atoms with van der Waals surface area (Å²) in [5.74, 6) is 0.243. The standard InChI is InChI=1S/C12H23NO2/c1-2-3-8-13-9-5-10-15-12(14)11-6-4-7-11/h11,13H,2-10H2,1H3. The van der Waals surface area contributed by atoms with Crippen LogP contribution in [0.2, 0.25) is 0 Å². The SMILES string of the molecule is CCCCNCCCOC(=O)C1CCC1. The van der Waals surface area contributed by atoms with Gasteiger partial charge in [0.25, 0.3) is 0 Å². The van der Waals surface area contributed by atoms with Crippen molar-refractivity contribution in [3.8, 4) is 0 Å². The molecule has 0 unspecified atom stereocenters. The van der Waals surface area contributed by atoms with Crippen molar-refractivity contribution in [2.45, 2.75) is 45.4 Å². The molecule has 0 heterocycles. The molecule has 1 rings (SSSR count). The molecule has 1 N–H and O–H groups in total. The largest absolute Gasteiger partial charge is 0.465 e. The maximum Gasteiger partial charge on any atom is 0.308 e. The number of hydrogen-bond acceptors (Lipinski definition) is 3. The smallest absolute Gasteiger partial charge is 0.308 e. The van der Waals surface area contributed by atoms with E-state index < -0.39 is 0 Å². The van der Waals surface area contributed by atoms with Crippen LogP contribution >= 0.6 is 0 Å². The van der Waals surface area contributed by atoms with Crippen LogP contribution in [0.25, 0.3) is 0 Å². The highest BCUT2D eigenvalue weighted by Crippen LogP contribution is 2.27. The number of nitrogens with one attached hydrogen (secondary N) is 1. The summed E-state index contributed by atoms with van der Waals surface area (Å²) in [6.07, 6.45) is 6.65. The van der Waals surface area contributed by atoms with Gasteiger partial charge < -0.3 is 10.1 Å². The van der Waals surface area contributed by atoms with Gasteiger partial charge in [0.15, 0.2) is 0 Å². The summed E-state index contributed by atoms with van der Waals surface area (Å²) in [7, 11) is 0. The summed E-state index contributed by atoms with van der Waals surface area (Å²) in [6.45, 7) is 4.79. The van der Waals surface area contributed by atoms with E-state index in [0.717, 1.165) is 32.4 Å². The fraction of sp³-hybridized carbons (Fsp3) is 0.917. The van der Waals surface area contributed by atoms with Crippen molar-refractivity contribution < 1.29 is 9.53 Å². The topological polar surface area (TPSA) is 38.3 Å². The number of rotatable bonds is 8. The first-order valence-electron chi connectivity index (χ1n) is 6.22. The molecule has 0 saturated heterocycles. The van der Waals surface area contributed by atoms with Gasteiger partial charge in [-0.1, -0.05) is 19.8 Å². The lowest BCUT2D eigenvalue weighted by Gasteiger charge is -2.23. The van der Waals surface area contributed by atoms with Crippen molar-refractivity contribution in [3.63, 3.8) is 0 Å². The summed E-state index contributed by atoms with van der Waals surface area (Å²) in [5.41, 5.74) is 0. The zero-order chi connectivity index (χ0) is 10.9. The Kier molecular flexibility index (Phi) is 6.41. The molecule has 0 aliphatic heterocycles. The quantitative estimate of drug-likeness (QED) is 0.496. The Morgan fingerprint density at radius 1 is 1.33 bits per heavy atom. The van der Waals surface area contributed by atoms with Gasteiger partial charge in [0.1, 0.15) is 0 Å². The third-order valence-corrected chi connectivity index (χ3v) is 2.89. The average molecular weight is 213 g/mol.